The summed E-state index contributed by atoms with van der Waals surface area (Å²) in [6.45, 7) is 0. The Hall–Kier alpha value is -2.54. The van der Waals surface area contributed by atoms with Crippen LogP contribution in [0.1, 0.15) is 21.5 Å². The second-order valence-electron chi connectivity index (χ2n) is 4.49. The Morgan fingerprint density at radius 2 is 1.83 bits per heavy atom. The van der Waals surface area contributed by atoms with Crippen molar-refractivity contribution in [3.8, 4) is 0 Å². The fourth-order valence-electron chi connectivity index (χ4n) is 1.70. The molecule has 0 aromatic heterocycles. The van der Waals surface area contributed by atoms with E-state index in [9.17, 15) is 18.0 Å². The highest BCUT2D eigenvalue weighted by Crippen LogP contribution is 2.28. The third kappa shape index (κ3) is 4.46. The van der Waals surface area contributed by atoms with Crippen LogP contribution in [0.4, 0.5) is 18.9 Å². The van der Waals surface area contributed by atoms with E-state index in [1.807, 2.05) is 0 Å². The van der Waals surface area contributed by atoms with Crippen LogP contribution in [0.2, 0.25) is 5.02 Å². The molecule has 0 atom stereocenters. The molecule has 0 aliphatic carbocycles. The molecule has 0 fully saturated rings. The fraction of sp³-hybridized carbons (Fsp3) is 0.0667. The summed E-state index contributed by atoms with van der Waals surface area (Å²) in [5.41, 5.74) is 2.60. The van der Waals surface area contributed by atoms with Gasteiger partial charge in [0.15, 0.2) is 0 Å². The predicted octanol–water partition coefficient (Wildman–Crippen LogP) is 4.50. The van der Waals surface area contributed by atoms with Gasteiger partial charge in [0.1, 0.15) is 0 Å². The zero-order chi connectivity index (χ0) is 17.0. The van der Waals surface area contributed by atoms with Crippen molar-refractivity contribution in [1.82, 2.24) is 0 Å². The molecule has 120 valence electrons. The van der Waals surface area contributed by atoms with E-state index >= 15 is 0 Å². The summed E-state index contributed by atoms with van der Waals surface area (Å²) in [6.07, 6.45) is -3.07. The summed E-state index contributed by atoms with van der Waals surface area (Å²) in [4.78, 5) is 10.9. The van der Waals surface area contributed by atoms with Gasteiger partial charge in [-0.05, 0) is 35.9 Å². The Kier molecular flexibility index (Phi) is 4.90. The Morgan fingerprint density at radius 3 is 2.39 bits per heavy atom. The SMILES string of the molecule is O=C(O)c1cc(N/N=C\c2ccc(C(F)(F)F)cc2)ccc1Cl. The van der Waals surface area contributed by atoms with Gasteiger partial charge in [-0.1, -0.05) is 23.7 Å². The van der Waals surface area contributed by atoms with Crippen LogP contribution in [0, 0.1) is 0 Å². The lowest BCUT2D eigenvalue weighted by Gasteiger charge is -2.06. The Labute approximate surface area is 134 Å². The number of anilines is 1. The fourth-order valence-corrected chi connectivity index (χ4v) is 1.90. The Bertz CT molecular complexity index is 743. The van der Waals surface area contributed by atoms with Crippen LogP contribution < -0.4 is 5.43 Å². The molecule has 0 heterocycles. The molecule has 0 saturated carbocycles. The molecule has 0 aliphatic heterocycles. The van der Waals surface area contributed by atoms with E-state index in [0.717, 1.165) is 12.1 Å². The third-order valence-electron chi connectivity index (χ3n) is 2.84. The average Bonchev–Trinajstić information content (AvgIpc) is 2.48. The van der Waals surface area contributed by atoms with Crippen molar-refractivity contribution in [2.45, 2.75) is 6.18 Å². The lowest BCUT2D eigenvalue weighted by molar-refractivity contribution is -0.137. The van der Waals surface area contributed by atoms with Crippen molar-refractivity contribution < 1.29 is 23.1 Å². The molecule has 2 N–H and O–H groups in total. The minimum absolute atomic E-state index is 0.0820. The first kappa shape index (κ1) is 16.8. The monoisotopic (exact) mass is 342 g/mol. The molecule has 0 amide bonds. The van der Waals surface area contributed by atoms with Gasteiger partial charge in [0.05, 0.1) is 28.1 Å². The molecule has 23 heavy (non-hydrogen) atoms. The van der Waals surface area contributed by atoms with E-state index in [1.165, 1.54) is 36.5 Å². The number of alkyl halides is 3. The maximum absolute atomic E-state index is 12.4. The Morgan fingerprint density at radius 1 is 1.17 bits per heavy atom. The first-order chi connectivity index (χ1) is 10.8. The maximum Gasteiger partial charge on any atom is 0.416 e. The number of hydrazone groups is 1. The minimum atomic E-state index is -4.38. The summed E-state index contributed by atoms with van der Waals surface area (Å²) in [7, 11) is 0. The molecule has 0 saturated heterocycles. The number of nitrogens with one attached hydrogen (secondary N) is 1. The van der Waals surface area contributed by atoms with Crippen LogP contribution in [-0.4, -0.2) is 17.3 Å². The van der Waals surface area contributed by atoms with E-state index in [1.54, 1.807) is 0 Å². The highest BCUT2D eigenvalue weighted by molar-refractivity contribution is 6.33. The topological polar surface area (TPSA) is 61.7 Å². The van der Waals surface area contributed by atoms with Crippen molar-refractivity contribution in [3.63, 3.8) is 0 Å². The zero-order valence-electron chi connectivity index (χ0n) is 11.4. The van der Waals surface area contributed by atoms with Crippen LogP contribution in [0.25, 0.3) is 0 Å². The molecule has 2 aromatic carbocycles. The first-order valence-corrected chi connectivity index (χ1v) is 6.64. The molecular weight excluding hydrogens is 333 g/mol. The smallest absolute Gasteiger partial charge is 0.416 e. The summed E-state index contributed by atoms with van der Waals surface area (Å²) in [5.74, 6) is -1.18. The molecule has 2 aromatic rings. The molecule has 4 nitrogen and oxygen atoms in total. The van der Waals surface area contributed by atoms with Crippen LogP contribution >= 0.6 is 11.6 Å². The number of rotatable bonds is 4. The van der Waals surface area contributed by atoms with E-state index < -0.39 is 17.7 Å². The van der Waals surface area contributed by atoms with Gasteiger partial charge in [-0.2, -0.15) is 18.3 Å². The molecule has 0 spiro atoms. The lowest BCUT2D eigenvalue weighted by atomic mass is 10.1. The zero-order valence-corrected chi connectivity index (χ0v) is 12.2. The van der Waals surface area contributed by atoms with Gasteiger partial charge in [0.2, 0.25) is 0 Å². The number of carboxylic acids is 1. The van der Waals surface area contributed by atoms with Crippen molar-refractivity contribution >= 4 is 29.5 Å². The third-order valence-corrected chi connectivity index (χ3v) is 3.17. The van der Waals surface area contributed by atoms with Gasteiger partial charge >= 0.3 is 12.1 Å². The Balaban J connectivity index is 2.07. The number of nitrogens with zero attached hydrogens (tertiary/aromatic N) is 1. The number of benzene rings is 2. The normalized spacial score (nSPS) is 11.7. The number of carbonyl (C=O) groups is 1. The van der Waals surface area contributed by atoms with E-state index in [2.05, 4.69) is 10.5 Å². The number of carboxylic acid groups (broad SMARTS) is 1. The van der Waals surface area contributed by atoms with Gasteiger partial charge < -0.3 is 5.11 Å². The van der Waals surface area contributed by atoms with Gasteiger partial charge in [-0.3, -0.25) is 5.43 Å². The standard InChI is InChI=1S/C15H10ClF3N2O2/c16-13-6-5-11(7-12(13)14(22)23)21-20-8-9-1-3-10(4-2-9)15(17,18)19/h1-8,21H,(H,22,23)/b20-8-. The van der Waals surface area contributed by atoms with Crippen molar-refractivity contribution in [2.75, 3.05) is 5.43 Å². The molecule has 0 bridgehead atoms. The number of aromatic carboxylic acids is 1. The van der Waals surface area contributed by atoms with Crippen molar-refractivity contribution in [1.29, 1.82) is 0 Å². The number of hydrogen-bond acceptors (Lipinski definition) is 3. The van der Waals surface area contributed by atoms with Crippen LogP contribution in [0.5, 0.6) is 0 Å². The molecule has 0 radical (unpaired) electrons. The molecule has 2 rings (SSSR count). The first-order valence-electron chi connectivity index (χ1n) is 6.26. The highest BCUT2D eigenvalue weighted by atomic mass is 35.5. The van der Waals surface area contributed by atoms with Gasteiger partial charge in [-0.25, -0.2) is 4.79 Å². The van der Waals surface area contributed by atoms with Gasteiger partial charge in [0.25, 0.3) is 0 Å². The lowest BCUT2D eigenvalue weighted by Crippen LogP contribution is -2.04. The van der Waals surface area contributed by atoms with E-state index in [4.69, 9.17) is 16.7 Å². The van der Waals surface area contributed by atoms with Gasteiger partial charge in [0, 0.05) is 0 Å². The van der Waals surface area contributed by atoms with Crippen molar-refractivity contribution in [3.05, 3.63) is 64.2 Å². The molecule has 0 unspecified atom stereocenters. The quantitative estimate of drug-likeness (QED) is 0.635. The van der Waals surface area contributed by atoms with E-state index in [-0.39, 0.29) is 10.6 Å². The second kappa shape index (κ2) is 6.70. The number of halogens is 4. The summed E-state index contributed by atoms with van der Waals surface area (Å²) < 4.78 is 37.3. The highest BCUT2D eigenvalue weighted by Gasteiger charge is 2.29. The van der Waals surface area contributed by atoms with Crippen molar-refractivity contribution in [2.24, 2.45) is 5.10 Å². The predicted molar refractivity (Wildman–Crippen MR) is 81.1 cm³/mol. The summed E-state index contributed by atoms with van der Waals surface area (Å²) >= 11 is 5.73. The minimum Gasteiger partial charge on any atom is -0.478 e. The molecular formula is C15H10ClF3N2O2. The summed E-state index contributed by atoms with van der Waals surface area (Å²) in [6, 6.07) is 8.68. The van der Waals surface area contributed by atoms with Crippen LogP contribution in [0.15, 0.2) is 47.6 Å². The van der Waals surface area contributed by atoms with Gasteiger partial charge in [-0.15, -0.1) is 0 Å². The number of hydrogen-bond donors (Lipinski definition) is 2. The summed E-state index contributed by atoms with van der Waals surface area (Å²) in [5, 5.41) is 12.9. The largest absolute Gasteiger partial charge is 0.478 e. The van der Waals surface area contributed by atoms with E-state index in [0.29, 0.717) is 11.3 Å². The van der Waals surface area contributed by atoms with Crippen LogP contribution in [-0.2, 0) is 6.18 Å². The second-order valence-corrected chi connectivity index (χ2v) is 4.90. The average molecular weight is 343 g/mol. The maximum atomic E-state index is 12.4. The van der Waals surface area contributed by atoms with Crippen LogP contribution in [0.3, 0.4) is 0 Å². The molecule has 0 aliphatic rings. The molecule has 8 heteroatoms.